The molecule has 2 rings (SSSR count). The molecule has 0 unspecified atom stereocenters. The van der Waals surface area contributed by atoms with Crippen LogP contribution >= 0.6 is 0 Å². The van der Waals surface area contributed by atoms with E-state index in [9.17, 15) is 18.1 Å². The Balaban J connectivity index is 2.18. The molecule has 0 saturated carbocycles. The number of hydrogen-bond acceptors (Lipinski definition) is 4. The first-order valence-corrected chi connectivity index (χ1v) is 10.4. The maximum Gasteiger partial charge on any atom is 0.298 e. The number of aryl methyl sites for hydroxylation is 1. The van der Waals surface area contributed by atoms with Gasteiger partial charge in [0.1, 0.15) is 22.1 Å². The van der Waals surface area contributed by atoms with Gasteiger partial charge in [-0.3, -0.25) is 4.55 Å². The molecule has 6 heteroatoms. The van der Waals surface area contributed by atoms with E-state index in [1.165, 1.54) is 25.3 Å². The van der Waals surface area contributed by atoms with E-state index in [0.29, 0.717) is 17.7 Å². The molecule has 0 radical (unpaired) electrons. The number of phenolic OH excluding ortho intramolecular Hbond substituents is 1. The fourth-order valence-corrected chi connectivity index (χ4v) is 3.40. The molecule has 0 fully saturated rings. The van der Waals surface area contributed by atoms with Crippen molar-refractivity contribution in [3.05, 3.63) is 48.0 Å². The summed E-state index contributed by atoms with van der Waals surface area (Å²) in [5, 5.41) is 10.2. The van der Waals surface area contributed by atoms with E-state index in [1.54, 1.807) is 24.3 Å². The Hall–Kier alpha value is -2.05. The van der Waals surface area contributed by atoms with Crippen molar-refractivity contribution < 1.29 is 22.8 Å². The maximum atomic E-state index is 11.6. The first-order valence-electron chi connectivity index (χ1n) is 8.98. The Labute approximate surface area is 155 Å². The molecular weight excluding hydrogens is 352 g/mol. The number of para-hydroxylation sites is 1. The molecule has 0 aromatic heterocycles. The van der Waals surface area contributed by atoms with Crippen LogP contribution in [-0.4, -0.2) is 18.1 Å². The minimum Gasteiger partial charge on any atom is -0.508 e. The summed E-state index contributed by atoms with van der Waals surface area (Å²) in [7, 11) is -4.51. The highest BCUT2D eigenvalue weighted by Gasteiger charge is 2.20. The zero-order chi connectivity index (χ0) is 19.0. The fourth-order valence-electron chi connectivity index (χ4n) is 2.78. The third-order valence-electron chi connectivity index (χ3n) is 4.19. The smallest absolute Gasteiger partial charge is 0.298 e. The molecule has 0 aliphatic heterocycles. The largest absolute Gasteiger partial charge is 0.508 e. The Morgan fingerprint density at radius 1 is 0.962 bits per heavy atom. The van der Waals surface area contributed by atoms with Crippen molar-refractivity contribution in [3.63, 3.8) is 0 Å². The number of rotatable bonds is 10. The van der Waals surface area contributed by atoms with Gasteiger partial charge in [-0.15, -0.1) is 0 Å². The highest BCUT2D eigenvalue weighted by atomic mass is 32.2. The molecule has 0 aliphatic rings. The molecule has 0 amide bonds. The van der Waals surface area contributed by atoms with Gasteiger partial charge in [0.05, 0.1) is 0 Å². The first-order chi connectivity index (χ1) is 12.4. The second kappa shape index (κ2) is 9.59. The van der Waals surface area contributed by atoms with Gasteiger partial charge in [0.25, 0.3) is 10.1 Å². The molecule has 0 bridgehead atoms. The highest BCUT2D eigenvalue weighted by Crippen LogP contribution is 2.35. The zero-order valence-electron chi connectivity index (χ0n) is 15.0. The van der Waals surface area contributed by atoms with Crippen LogP contribution in [0.3, 0.4) is 0 Å². The van der Waals surface area contributed by atoms with Crippen LogP contribution in [0.2, 0.25) is 0 Å². The van der Waals surface area contributed by atoms with Crippen molar-refractivity contribution in [2.45, 2.75) is 56.8 Å². The lowest BCUT2D eigenvalue weighted by Gasteiger charge is -2.13. The van der Waals surface area contributed by atoms with Gasteiger partial charge in [-0.1, -0.05) is 57.2 Å². The van der Waals surface area contributed by atoms with Crippen LogP contribution in [0.5, 0.6) is 17.2 Å². The molecule has 0 heterocycles. The summed E-state index contributed by atoms with van der Waals surface area (Å²) in [6.45, 7) is 2.17. The molecule has 0 spiro atoms. The van der Waals surface area contributed by atoms with Crippen LogP contribution in [-0.2, 0) is 16.5 Å². The van der Waals surface area contributed by atoms with Gasteiger partial charge in [-0.05, 0) is 36.6 Å². The molecule has 0 atom stereocenters. The molecular formula is C20H26O5S. The van der Waals surface area contributed by atoms with E-state index in [-0.39, 0.29) is 11.5 Å². The van der Waals surface area contributed by atoms with E-state index in [1.807, 2.05) is 6.07 Å². The Morgan fingerprint density at radius 2 is 1.62 bits per heavy atom. The third kappa shape index (κ3) is 6.04. The van der Waals surface area contributed by atoms with Crippen LogP contribution in [0.15, 0.2) is 47.4 Å². The zero-order valence-corrected chi connectivity index (χ0v) is 15.8. The Morgan fingerprint density at radius 3 is 2.27 bits per heavy atom. The van der Waals surface area contributed by atoms with Crippen molar-refractivity contribution >= 4 is 10.1 Å². The van der Waals surface area contributed by atoms with E-state index in [2.05, 4.69) is 6.92 Å². The molecule has 2 aromatic rings. The summed E-state index contributed by atoms with van der Waals surface area (Å²) in [5.41, 5.74) is 0.610. The minimum absolute atomic E-state index is 0.0116. The van der Waals surface area contributed by atoms with Gasteiger partial charge in [-0.2, -0.15) is 8.42 Å². The fraction of sp³-hybridized carbons (Fsp3) is 0.400. The number of unbranched alkanes of at least 4 members (excludes halogenated alkanes) is 5. The van der Waals surface area contributed by atoms with Gasteiger partial charge in [0.15, 0.2) is 0 Å². The Bertz CT molecular complexity index is 800. The van der Waals surface area contributed by atoms with Crippen LogP contribution in [0.4, 0.5) is 0 Å². The van der Waals surface area contributed by atoms with Crippen LogP contribution in [0, 0.1) is 0 Å². The number of benzene rings is 2. The van der Waals surface area contributed by atoms with Crippen LogP contribution in [0.1, 0.15) is 51.0 Å². The molecule has 142 valence electrons. The molecule has 0 saturated heterocycles. The van der Waals surface area contributed by atoms with Gasteiger partial charge in [0.2, 0.25) is 0 Å². The second-order valence-electron chi connectivity index (χ2n) is 6.34. The predicted molar refractivity (Wildman–Crippen MR) is 102 cm³/mol. The number of ether oxygens (including phenoxy) is 1. The predicted octanol–water partition coefficient (Wildman–Crippen LogP) is 5.33. The van der Waals surface area contributed by atoms with Crippen molar-refractivity contribution in [2.75, 3.05) is 0 Å². The quantitative estimate of drug-likeness (QED) is 0.431. The van der Waals surface area contributed by atoms with Gasteiger partial charge in [0, 0.05) is 6.07 Å². The summed E-state index contributed by atoms with van der Waals surface area (Å²) < 4.78 is 38.3. The summed E-state index contributed by atoms with van der Waals surface area (Å²) in [6, 6.07) is 11.3. The summed E-state index contributed by atoms with van der Waals surface area (Å²) in [5.74, 6) is 0.317. The summed E-state index contributed by atoms with van der Waals surface area (Å²) in [4.78, 5) is -0.439. The first kappa shape index (κ1) is 20.3. The van der Waals surface area contributed by atoms with E-state index < -0.39 is 15.0 Å². The second-order valence-corrected chi connectivity index (χ2v) is 7.73. The molecule has 5 nitrogen and oxygen atoms in total. The molecule has 2 N–H and O–H groups in total. The summed E-state index contributed by atoms with van der Waals surface area (Å²) >= 11 is 0. The van der Waals surface area contributed by atoms with Crippen molar-refractivity contribution in [2.24, 2.45) is 0 Å². The van der Waals surface area contributed by atoms with Crippen molar-refractivity contribution in [1.82, 2.24) is 0 Å². The van der Waals surface area contributed by atoms with Crippen LogP contribution < -0.4 is 4.74 Å². The van der Waals surface area contributed by atoms with Crippen LogP contribution in [0.25, 0.3) is 0 Å². The Kier molecular flexibility index (Phi) is 7.48. The van der Waals surface area contributed by atoms with Gasteiger partial charge >= 0.3 is 0 Å². The lowest BCUT2D eigenvalue weighted by Crippen LogP contribution is -2.02. The molecule has 26 heavy (non-hydrogen) atoms. The van der Waals surface area contributed by atoms with Gasteiger partial charge < -0.3 is 9.84 Å². The SMILES string of the molecule is CCCCCCCCc1cc(Oc2ccccc2)c(S(=O)(=O)O)cc1O. The lowest BCUT2D eigenvalue weighted by molar-refractivity contribution is 0.434. The van der Waals surface area contributed by atoms with E-state index in [0.717, 1.165) is 25.3 Å². The third-order valence-corrected chi connectivity index (χ3v) is 5.07. The van der Waals surface area contributed by atoms with Crippen molar-refractivity contribution in [3.8, 4) is 17.2 Å². The number of phenols is 1. The van der Waals surface area contributed by atoms with Gasteiger partial charge in [-0.25, -0.2) is 0 Å². The van der Waals surface area contributed by atoms with E-state index in [4.69, 9.17) is 4.74 Å². The lowest BCUT2D eigenvalue weighted by atomic mass is 10.0. The minimum atomic E-state index is -4.51. The maximum absolute atomic E-state index is 11.6. The summed E-state index contributed by atoms with van der Waals surface area (Å²) in [6.07, 6.45) is 7.33. The van der Waals surface area contributed by atoms with Crippen molar-refractivity contribution in [1.29, 1.82) is 0 Å². The average Bonchev–Trinajstić information content (AvgIpc) is 2.60. The molecule has 0 aliphatic carbocycles. The normalized spacial score (nSPS) is 11.5. The topological polar surface area (TPSA) is 83.8 Å². The average molecular weight is 378 g/mol. The number of hydrogen-bond donors (Lipinski definition) is 2. The molecule has 2 aromatic carbocycles. The standard InChI is InChI=1S/C20H26O5S/c1-2-3-4-5-6-8-11-16-14-19(25-17-12-9-7-10-13-17)20(15-18(16)21)26(22,23)24/h7,9-10,12-15,21H,2-6,8,11H2,1H3,(H,22,23,24). The van der Waals surface area contributed by atoms with E-state index >= 15 is 0 Å². The number of aromatic hydroxyl groups is 1. The monoisotopic (exact) mass is 378 g/mol. The highest BCUT2D eigenvalue weighted by molar-refractivity contribution is 7.86.